The van der Waals surface area contributed by atoms with E-state index in [1.807, 2.05) is 32.1 Å². The minimum absolute atomic E-state index is 0.0269. The van der Waals surface area contributed by atoms with Gasteiger partial charge in [-0.1, -0.05) is 44.2 Å². The third kappa shape index (κ3) is 4.72. The quantitative estimate of drug-likeness (QED) is 0.603. The number of hydrogen-bond acceptors (Lipinski definition) is 6. The molecule has 1 fully saturated rings. The van der Waals surface area contributed by atoms with Crippen molar-refractivity contribution in [3.8, 4) is 11.6 Å². The number of pyridine rings is 1. The number of rotatable bonds is 6. The molecule has 0 radical (unpaired) electrons. The molecule has 9 nitrogen and oxygen atoms in total. The molecule has 186 valence electrons. The van der Waals surface area contributed by atoms with E-state index in [1.54, 1.807) is 53.6 Å². The number of carbonyl (C=O) groups is 3. The van der Waals surface area contributed by atoms with Gasteiger partial charge in [-0.05, 0) is 35.4 Å². The zero-order chi connectivity index (χ0) is 25.7. The number of methoxy groups -OCH3 is 1. The van der Waals surface area contributed by atoms with Gasteiger partial charge >= 0.3 is 6.03 Å². The summed E-state index contributed by atoms with van der Waals surface area (Å²) in [6.45, 7) is 4.30. The molecule has 1 saturated heterocycles. The molecule has 1 aromatic carbocycles. The average molecular weight is 489 g/mol. The van der Waals surface area contributed by atoms with Crippen LogP contribution in [0.15, 0.2) is 78.2 Å². The summed E-state index contributed by atoms with van der Waals surface area (Å²) < 4.78 is 11.1. The second kappa shape index (κ2) is 10.5. The molecule has 36 heavy (non-hydrogen) atoms. The number of urea groups is 1. The number of allylic oxidation sites excluding steroid dienone is 3. The topological polar surface area (TPSA) is 110 Å². The molecule has 2 aliphatic heterocycles. The Morgan fingerprint density at radius 1 is 1.11 bits per heavy atom. The van der Waals surface area contributed by atoms with E-state index in [-0.39, 0.29) is 12.5 Å². The summed E-state index contributed by atoms with van der Waals surface area (Å²) in [7, 11) is 1.54. The van der Waals surface area contributed by atoms with Crippen molar-refractivity contribution in [2.24, 2.45) is 0 Å². The first kappa shape index (κ1) is 24.7. The van der Waals surface area contributed by atoms with Crippen molar-refractivity contribution in [2.75, 3.05) is 13.7 Å². The van der Waals surface area contributed by atoms with E-state index in [2.05, 4.69) is 15.6 Å². The van der Waals surface area contributed by atoms with Gasteiger partial charge in [0.2, 0.25) is 5.88 Å². The summed E-state index contributed by atoms with van der Waals surface area (Å²) in [4.78, 5) is 44.1. The lowest BCUT2D eigenvalue weighted by Crippen LogP contribution is -2.56. The van der Waals surface area contributed by atoms with Crippen molar-refractivity contribution in [1.82, 2.24) is 20.5 Å². The molecule has 1 atom stereocenters. The highest BCUT2D eigenvalue weighted by molar-refractivity contribution is 6.10. The number of imide groups is 1. The maximum absolute atomic E-state index is 13.1. The van der Waals surface area contributed by atoms with Crippen LogP contribution in [-0.4, -0.2) is 46.9 Å². The number of hydrogen-bond donors (Lipinski definition) is 2. The first-order valence-corrected chi connectivity index (χ1v) is 11.7. The lowest BCUT2D eigenvalue weighted by Gasteiger charge is -2.32. The van der Waals surface area contributed by atoms with Crippen LogP contribution >= 0.6 is 0 Å². The predicted octanol–water partition coefficient (Wildman–Crippen LogP) is 3.50. The molecule has 0 spiro atoms. The van der Waals surface area contributed by atoms with Crippen LogP contribution in [0.2, 0.25) is 0 Å². The number of amides is 4. The molecule has 3 heterocycles. The first-order chi connectivity index (χ1) is 17.5. The van der Waals surface area contributed by atoms with E-state index in [9.17, 15) is 14.4 Å². The fourth-order valence-electron chi connectivity index (χ4n) is 4.29. The molecule has 3 aliphatic rings. The highest BCUT2D eigenvalue weighted by Gasteiger charge is 2.51. The molecular formula is C27H28N4O5. The summed E-state index contributed by atoms with van der Waals surface area (Å²) >= 11 is 0. The van der Waals surface area contributed by atoms with E-state index in [4.69, 9.17) is 9.47 Å². The Bertz CT molecular complexity index is 1270. The van der Waals surface area contributed by atoms with Crippen LogP contribution < -0.4 is 20.1 Å². The zero-order valence-corrected chi connectivity index (χ0v) is 20.4. The lowest BCUT2D eigenvalue weighted by molar-refractivity contribution is -0.123. The van der Waals surface area contributed by atoms with Crippen molar-refractivity contribution in [1.29, 1.82) is 0 Å². The van der Waals surface area contributed by atoms with E-state index in [0.717, 1.165) is 5.56 Å². The molecule has 1 aromatic heterocycles. The Kier molecular flexibility index (Phi) is 7.19. The molecule has 4 amide bonds. The van der Waals surface area contributed by atoms with E-state index in [0.29, 0.717) is 41.5 Å². The predicted molar refractivity (Wildman–Crippen MR) is 133 cm³/mol. The zero-order valence-electron chi connectivity index (χ0n) is 20.4. The number of carbonyl (C=O) groups excluding carboxylic acids is 3. The number of benzene rings is 1. The fraction of sp³-hybridized carbons (Fsp3) is 0.259. The van der Waals surface area contributed by atoms with Gasteiger partial charge in [-0.3, -0.25) is 14.9 Å². The Morgan fingerprint density at radius 2 is 1.94 bits per heavy atom. The van der Waals surface area contributed by atoms with Gasteiger partial charge in [-0.2, -0.15) is 0 Å². The number of fused-ring (bicyclic) bond motifs is 1. The van der Waals surface area contributed by atoms with Gasteiger partial charge in [0.05, 0.1) is 13.7 Å². The van der Waals surface area contributed by atoms with Crippen molar-refractivity contribution in [2.45, 2.75) is 32.4 Å². The van der Waals surface area contributed by atoms with Crippen molar-refractivity contribution >= 4 is 17.8 Å². The van der Waals surface area contributed by atoms with Crippen LogP contribution in [0.4, 0.5) is 4.79 Å². The lowest BCUT2D eigenvalue weighted by atomic mass is 9.88. The summed E-state index contributed by atoms with van der Waals surface area (Å²) in [6.07, 6.45) is 9.19. The van der Waals surface area contributed by atoms with E-state index in [1.165, 1.54) is 7.11 Å². The smallest absolute Gasteiger partial charge is 0.322 e. The minimum Gasteiger partial charge on any atom is -0.497 e. The monoisotopic (exact) mass is 488 g/mol. The van der Waals surface area contributed by atoms with Crippen LogP contribution in [0.1, 0.15) is 36.2 Å². The number of ether oxygens (including phenoxy) is 2. The molecule has 0 bridgehead atoms. The SMILES string of the molecule is CC.COc1ccc2c(c1)C(=O)N(C[C@@]1(C3=CC=C(Oc4ccccn4)CC=C3)NC(=O)NC1=O)C2. The van der Waals surface area contributed by atoms with Gasteiger partial charge in [0.25, 0.3) is 11.8 Å². The van der Waals surface area contributed by atoms with Crippen molar-refractivity contribution < 1.29 is 23.9 Å². The largest absolute Gasteiger partial charge is 0.497 e. The third-order valence-corrected chi connectivity index (χ3v) is 6.00. The van der Waals surface area contributed by atoms with Gasteiger partial charge in [0.15, 0.2) is 5.54 Å². The molecular weight excluding hydrogens is 460 g/mol. The van der Waals surface area contributed by atoms with E-state index < -0.39 is 17.5 Å². The van der Waals surface area contributed by atoms with Crippen LogP contribution in [0.5, 0.6) is 11.6 Å². The number of nitrogens with one attached hydrogen (secondary N) is 2. The Balaban J connectivity index is 0.00000148. The van der Waals surface area contributed by atoms with Gasteiger partial charge in [0, 0.05) is 30.8 Å². The average Bonchev–Trinajstić information content (AvgIpc) is 3.23. The molecule has 9 heteroatoms. The standard InChI is InChI=1S/C25H22N4O5.C2H6/c1-33-19-10-8-16-14-29(22(30)20(16)13-19)15-25(23(31)27-24(32)28-25)17-5-4-6-18(11-9-17)34-21-7-2-3-12-26-21;1-2/h2-5,7-13H,6,14-15H2,1H3,(H2,27,28,31,32);1-2H3/t25-;/m0./s1. The van der Waals surface area contributed by atoms with E-state index >= 15 is 0 Å². The Hall–Kier alpha value is -4.40. The minimum atomic E-state index is -1.44. The second-order valence-electron chi connectivity index (χ2n) is 8.13. The number of aromatic nitrogens is 1. The van der Waals surface area contributed by atoms with Crippen LogP contribution in [0, 0.1) is 0 Å². The summed E-state index contributed by atoms with van der Waals surface area (Å²) in [6, 6.07) is 10.1. The Morgan fingerprint density at radius 3 is 2.64 bits per heavy atom. The fourth-order valence-corrected chi connectivity index (χ4v) is 4.29. The highest BCUT2D eigenvalue weighted by atomic mass is 16.5. The second-order valence-corrected chi connectivity index (χ2v) is 8.13. The summed E-state index contributed by atoms with van der Waals surface area (Å²) in [5.74, 6) is 0.918. The van der Waals surface area contributed by atoms with Crippen LogP contribution in [0.25, 0.3) is 0 Å². The van der Waals surface area contributed by atoms with Gasteiger partial charge < -0.3 is 19.7 Å². The maximum atomic E-state index is 13.1. The normalized spacial score (nSPS) is 20.3. The molecule has 0 saturated carbocycles. The van der Waals surface area contributed by atoms with Crippen molar-refractivity contribution in [3.63, 3.8) is 0 Å². The van der Waals surface area contributed by atoms with Crippen molar-refractivity contribution in [3.05, 3.63) is 89.4 Å². The van der Waals surface area contributed by atoms with Crippen LogP contribution in [-0.2, 0) is 11.3 Å². The van der Waals surface area contributed by atoms with Crippen LogP contribution in [0.3, 0.4) is 0 Å². The Labute approximate surface area is 209 Å². The summed E-state index contributed by atoms with van der Waals surface area (Å²) in [5.41, 5.74) is 0.459. The molecule has 2 aromatic rings. The third-order valence-electron chi connectivity index (χ3n) is 6.00. The van der Waals surface area contributed by atoms with Gasteiger partial charge in [-0.15, -0.1) is 0 Å². The molecule has 0 unspecified atom stereocenters. The molecule has 2 N–H and O–H groups in total. The van der Waals surface area contributed by atoms with Gasteiger partial charge in [0.1, 0.15) is 11.5 Å². The van der Waals surface area contributed by atoms with Gasteiger partial charge in [-0.25, -0.2) is 9.78 Å². The number of nitrogens with zero attached hydrogens (tertiary/aromatic N) is 2. The molecule has 1 aliphatic carbocycles. The first-order valence-electron chi connectivity index (χ1n) is 11.7. The summed E-state index contributed by atoms with van der Waals surface area (Å²) in [5, 5.41) is 5.08. The maximum Gasteiger partial charge on any atom is 0.322 e. The highest BCUT2D eigenvalue weighted by Crippen LogP contribution is 2.32. The molecule has 5 rings (SSSR count).